The molecule has 132 valence electrons. The Morgan fingerprint density at radius 1 is 1.16 bits per heavy atom. The third-order valence-electron chi connectivity index (χ3n) is 3.75. The molecule has 0 fully saturated rings. The molecule has 0 saturated carbocycles. The van der Waals surface area contributed by atoms with Gasteiger partial charge in [0.1, 0.15) is 29.8 Å². The zero-order valence-electron chi connectivity index (χ0n) is 14.6. The highest BCUT2D eigenvalue weighted by Gasteiger charge is 2.34. The topological polar surface area (TPSA) is 65.0 Å². The van der Waals surface area contributed by atoms with E-state index in [9.17, 15) is 9.90 Å². The first-order valence-electron chi connectivity index (χ1n) is 8.23. The largest absolute Gasteiger partial charge is 0.490 e. The molecule has 1 aliphatic rings. The normalized spacial score (nSPS) is 19.0. The van der Waals surface area contributed by atoms with Gasteiger partial charge in [-0.25, -0.2) is 4.79 Å². The Morgan fingerprint density at radius 3 is 2.56 bits per heavy atom. The van der Waals surface area contributed by atoms with Gasteiger partial charge in [-0.15, -0.1) is 0 Å². The molecule has 2 aromatic rings. The van der Waals surface area contributed by atoms with Gasteiger partial charge < -0.3 is 19.3 Å². The number of hydrogen-bond acceptors (Lipinski definition) is 5. The minimum Gasteiger partial charge on any atom is -0.490 e. The summed E-state index contributed by atoms with van der Waals surface area (Å²) in [4.78, 5) is 12.2. The van der Waals surface area contributed by atoms with Gasteiger partial charge in [-0.1, -0.05) is 24.3 Å². The molecular formula is C20H22O5. The maximum atomic E-state index is 12.2. The van der Waals surface area contributed by atoms with Crippen LogP contribution in [0, 0.1) is 0 Å². The molecule has 2 unspecified atom stereocenters. The number of carbonyl (C=O) groups excluding carboxylic acids is 1. The molecule has 0 radical (unpaired) electrons. The molecule has 1 aliphatic heterocycles. The van der Waals surface area contributed by atoms with Crippen molar-refractivity contribution in [3.05, 3.63) is 59.7 Å². The van der Waals surface area contributed by atoms with Crippen molar-refractivity contribution < 1.29 is 24.1 Å². The first-order valence-corrected chi connectivity index (χ1v) is 8.23. The summed E-state index contributed by atoms with van der Waals surface area (Å²) in [7, 11) is 0. The van der Waals surface area contributed by atoms with Crippen molar-refractivity contribution >= 4 is 5.97 Å². The van der Waals surface area contributed by atoms with Crippen LogP contribution in [0.15, 0.2) is 48.5 Å². The van der Waals surface area contributed by atoms with Crippen LogP contribution in [0.4, 0.5) is 0 Å². The average molecular weight is 342 g/mol. The quantitative estimate of drug-likeness (QED) is 0.861. The Morgan fingerprint density at radius 2 is 1.88 bits per heavy atom. The van der Waals surface area contributed by atoms with Crippen LogP contribution < -0.4 is 9.47 Å². The fourth-order valence-corrected chi connectivity index (χ4v) is 2.59. The molecule has 1 heterocycles. The standard InChI is InChI=1S/C20H22O5/c1-20(2,3)25-19(22)13-9-10-15-16(11-13)24-17(18(15)21)12-23-14-7-5-4-6-8-14/h4-11,17-18,21H,12H2,1-3H3. The average Bonchev–Trinajstić information content (AvgIpc) is 2.88. The summed E-state index contributed by atoms with van der Waals surface area (Å²) in [5.74, 6) is 0.776. The van der Waals surface area contributed by atoms with Crippen molar-refractivity contribution in [3.63, 3.8) is 0 Å². The molecule has 2 aromatic carbocycles. The van der Waals surface area contributed by atoms with Crippen LogP contribution in [0.1, 0.15) is 42.8 Å². The Hall–Kier alpha value is -2.53. The molecule has 5 heteroatoms. The van der Waals surface area contributed by atoms with Gasteiger partial charge in [0.25, 0.3) is 0 Å². The van der Waals surface area contributed by atoms with Gasteiger partial charge in [0.05, 0.1) is 5.56 Å². The highest BCUT2D eigenvalue weighted by Crippen LogP contribution is 2.37. The lowest BCUT2D eigenvalue weighted by molar-refractivity contribution is 0.00689. The molecule has 0 saturated heterocycles. The van der Waals surface area contributed by atoms with Gasteiger partial charge >= 0.3 is 5.97 Å². The van der Waals surface area contributed by atoms with E-state index in [0.29, 0.717) is 22.6 Å². The van der Waals surface area contributed by atoms with E-state index in [4.69, 9.17) is 14.2 Å². The molecule has 0 aromatic heterocycles. The smallest absolute Gasteiger partial charge is 0.338 e. The predicted octanol–water partition coefficient (Wildman–Crippen LogP) is 3.52. The number of aliphatic hydroxyl groups excluding tert-OH is 1. The summed E-state index contributed by atoms with van der Waals surface area (Å²) in [6.45, 7) is 5.65. The molecule has 0 amide bonds. The van der Waals surface area contributed by atoms with Gasteiger partial charge in [-0.2, -0.15) is 0 Å². The molecule has 1 N–H and O–H groups in total. The summed E-state index contributed by atoms with van der Waals surface area (Å²) < 4.78 is 16.8. The van der Waals surface area contributed by atoms with Crippen molar-refractivity contribution in [2.45, 2.75) is 38.6 Å². The molecule has 0 bridgehead atoms. The van der Waals surface area contributed by atoms with Crippen LogP contribution in [0.25, 0.3) is 0 Å². The molecular weight excluding hydrogens is 320 g/mol. The third-order valence-corrected chi connectivity index (χ3v) is 3.75. The lowest BCUT2D eigenvalue weighted by Crippen LogP contribution is -2.26. The zero-order chi connectivity index (χ0) is 18.0. The zero-order valence-corrected chi connectivity index (χ0v) is 14.6. The van der Waals surface area contributed by atoms with Crippen molar-refractivity contribution in [1.82, 2.24) is 0 Å². The highest BCUT2D eigenvalue weighted by atomic mass is 16.6. The number of aliphatic hydroxyl groups is 1. The van der Waals surface area contributed by atoms with E-state index < -0.39 is 23.8 Å². The molecule has 25 heavy (non-hydrogen) atoms. The molecule has 0 spiro atoms. The summed E-state index contributed by atoms with van der Waals surface area (Å²) >= 11 is 0. The van der Waals surface area contributed by atoms with Gasteiger partial charge in [-0.05, 0) is 45.0 Å². The second-order valence-electron chi connectivity index (χ2n) is 6.98. The van der Waals surface area contributed by atoms with Crippen LogP contribution in [-0.4, -0.2) is 29.4 Å². The first-order chi connectivity index (χ1) is 11.8. The van der Waals surface area contributed by atoms with Crippen LogP contribution >= 0.6 is 0 Å². The van der Waals surface area contributed by atoms with Crippen molar-refractivity contribution in [2.75, 3.05) is 6.61 Å². The lowest BCUT2D eigenvalue weighted by atomic mass is 10.0. The van der Waals surface area contributed by atoms with Gasteiger partial charge in [0.15, 0.2) is 6.10 Å². The minimum absolute atomic E-state index is 0.210. The summed E-state index contributed by atoms with van der Waals surface area (Å²) in [6.07, 6.45) is -1.32. The molecule has 3 rings (SSSR count). The van der Waals surface area contributed by atoms with Crippen molar-refractivity contribution in [2.24, 2.45) is 0 Å². The predicted molar refractivity (Wildman–Crippen MR) is 92.9 cm³/mol. The number of para-hydroxylation sites is 1. The van der Waals surface area contributed by atoms with E-state index in [0.717, 1.165) is 0 Å². The van der Waals surface area contributed by atoms with E-state index in [1.54, 1.807) is 18.2 Å². The maximum Gasteiger partial charge on any atom is 0.338 e. The summed E-state index contributed by atoms with van der Waals surface area (Å²) in [5.41, 5.74) is 0.474. The molecule has 0 aliphatic carbocycles. The fourth-order valence-electron chi connectivity index (χ4n) is 2.59. The van der Waals surface area contributed by atoms with E-state index in [1.165, 1.54) is 0 Å². The number of hydrogen-bond donors (Lipinski definition) is 1. The Balaban J connectivity index is 1.68. The number of benzene rings is 2. The first kappa shape index (κ1) is 17.3. The second-order valence-corrected chi connectivity index (χ2v) is 6.98. The monoisotopic (exact) mass is 342 g/mol. The SMILES string of the molecule is CC(C)(C)OC(=O)c1ccc2c(c1)OC(COc1ccccc1)C2O. The van der Waals surface area contributed by atoms with Crippen LogP contribution in [0.3, 0.4) is 0 Å². The maximum absolute atomic E-state index is 12.2. The highest BCUT2D eigenvalue weighted by molar-refractivity contribution is 5.90. The summed E-state index contributed by atoms with van der Waals surface area (Å²) in [6, 6.07) is 14.3. The van der Waals surface area contributed by atoms with E-state index in [-0.39, 0.29) is 6.61 Å². The summed E-state index contributed by atoms with van der Waals surface area (Å²) in [5, 5.41) is 10.4. The Bertz CT molecular complexity index is 748. The van der Waals surface area contributed by atoms with Gasteiger partial charge in [0, 0.05) is 5.56 Å². The van der Waals surface area contributed by atoms with Crippen molar-refractivity contribution in [3.8, 4) is 11.5 Å². The molecule has 2 atom stereocenters. The van der Waals surface area contributed by atoms with Crippen LogP contribution in [-0.2, 0) is 4.74 Å². The van der Waals surface area contributed by atoms with E-state index in [2.05, 4.69) is 0 Å². The third kappa shape index (κ3) is 4.12. The van der Waals surface area contributed by atoms with Crippen LogP contribution in [0.5, 0.6) is 11.5 Å². The van der Waals surface area contributed by atoms with E-state index in [1.807, 2.05) is 51.1 Å². The van der Waals surface area contributed by atoms with E-state index >= 15 is 0 Å². The fraction of sp³-hybridized carbons (Fsp3) is 0.350. The van der Waals surface area contributed by atoms with Crippen LogP contribution in [0.2, 0.25) is 0 Å². The van der Waals surface area contributed by atoms with Gasteiger partial charge in [0.2, 0.25) is 0 Å². The number of fused-ring (bicyclic) bond motifs is 1. The minimum atomic E-state index is -0.800. The molecule has 5 nitrogen and oxygen atoms in total. The number of ether oxygens (including phenoxy) is 3. The Labute approximate surface area is 147 Å². The lowest BCUT2D eigenvalue weighted by Gasteiger charge is -2.19. The van der Waals surface area contributed by atoms with Crippen molar-refractivity contribution in [1.29, 1.82) is 0 Å². The Kier molecular flexibility index (Phi) is 4.68. The number of carbonyl (C=O) groups is 1. The second kappa shape index (κ2) is 6.76. The number of esters is 1. The van der Waals surface area contributed by atoms with Gasteiger partial charge in [-0.3, -0.25) is 0 Å². The number of rotatable bonds is 4.